The van der Waals surface area contributed by atoms with Gasteiger partial charge in [0.2, 0.25) is 0 Å². The van der Waals surface area contributed by atoms with Gasteiger partial charge in [-0.05, 0) is 25.7 Å². The average Bonchev–Trinajstić information content (AvgIpc) is 3.10. The molecule has 2 rings (SSSR count). The van der Waals surface area contributed by atoms with Crippen LogP contribution in [0.25, 0.3) is 0 Å². The van der Waals surface area contributed by atoms with Crippen molar-refractivity contribution < 1.29 is 14.2 Å². The fourth-order valence-corrected chi connectivity index (χ4v) is 2.09. The van der Waals surface area contributed by atoms with Crippen molar-refractivity contribution in [2.24, 2.45) is 0 Å². The van der Waals surface area contributed by atoms with Gasteiger partial charge in [-0.2, -0.15) is 0 Å². The van der Waals surface area contributed by atoms with E-state index in [4.69, 9.17) is 14.2 Å². The van der Waals surface area contributed by atoms with Gasteiger partial charge in [0.15, 0.2) is 5.79 Å². The van der Waals surface area contributed by atoms with Crippen molar-refractivity contribution in [3.8, 4) is 11.8 Å². The third-order valence-corrected chi connectivity index (χ3v) is 3.37. The van der Waals surface area contributed by atoms with Crippen LogP contribution in [0, 0.1) is 11.8 Å². The van der Waals surface area contributed by atoms with Crippen LogP contribution in [0.15, 0.2) is 12.5 Å². The summed E-state index contributed by atoms with van der Waals surface area (Å²) in [5.41, 5.74) is 0.721. The minimum Gasteiger partial charge on any atom is -0.361 e. The molecule has 0 saturated carbocycles. The molecule has 0 aromatic carbocycles. The second-order valence-electron chi connectivity index (χ2n) is 4.70. The van der Waals surface area contributed by atoms with Gasteiger partial charge in [-0.3, -0.25) is 0 Å². The fourth-order valence-electron chi connectivity index (χ4n) is 2.09. The van der Waals surface area contributed by atoms with Crippen LogP contribution in [0.4, 0.5) is 0 Å². The Hall–Kier alpha value is -1.35. The van der Waals surface area contributed by atoms with Crippen LogP contribution in [0.3, 0.4) is 0 Å². The van der Waals surface area contributed by atoms with E-state index in [9.17, 15) is 0 Å². The number of aromatic nitrogens is 2. The standard InChI is InChI=1S/C15H22N2O3/c1-4-15(5-2)19-10-14(20-15)8-7-13-9-17(11-16-13)12-18-6-3/h9,11,14H,4-6,10,12H2,1-3H3/t14-/m0/s1. The van der Waals surface area contributed by atoms with E-state index in [2.05, 4.69) is 30.7 Å². The lowest BCUT2D eigenvalue weighted by molar-refractivity contribution is -0.166. The Kier molecular flexibility index (Phi) is 5.18. The number of hydrogen-bond donors (Lipinski definition) is 0. The largest absolute Gasteiger partial charge is 0.361 e. The average molecular weight is 278 g/mol. The quantitative estimate of drug-likeness (QED) is 0.774. The zero-order chi connectivity index (χ0) is 14.4. The predicted octanol–water partition coefficient (Wildman–Crippen LogP) is 2.16. The van der Waals surface area contributed by atoms with E-state index in [1.165, 1.54) is 0 Å². The highest BCUT2D eigenvalue weighted by Gasteiger charge is 2.37. The van der Waals surface area contributed by atoms with Crippen LogP contribution in [0.5, 0.6) is 0 Å². The highest BCUT2D eigenvalue weighted by atomic mass is 16.7. The van der Waals surface area contributed by atoms with E-state index in [-0.39, 0.29) is 6.10 Å². The summed E-state index contributed by atoms with van der Waals surface area (Å²) in [6, 6.07) is 0. The lowest BCUT2D eigenvalue weighted by Crippen LogP contribution is -2.28. The van der Waals surface area contributed by atoms with E-state index in [0.717, 1.165) is 18.5 Å². The maximum atomic E-state index is 5.89. The van der Waals surface area contributed by atoms with Crippen molar-refractivity contribution in [3.05, 3.63) is 18.2 Å². The van der Waals surface area contributed by atoms with Gasteiger partial charge in [0.25, 0.3) is 0 Å². The first-order chi connectivity index (χ1) is 9.71. The summed E-state index contributed by atoms with van der Waals surface area (Å²) in [7, 11) is 0. The highest BCUT2D eigenvalue weighted by Crippen LogP contribution is 2.29. The highest BCUT2D eigenvalue weighted by molar-refractivity contribution is 5.27. The molecular weight excluding hydrogens is 256 g/mol. The predicted molar refractivity (Wildman–Crippen MR) is 74.9 cm³/mol. The first kappa shape index (κ1) is 15.0. The van der Waals surface area contributed by atoms with E-state index >= 15 is 0 Å². The second kappa shape index (κ2) is 6.89. The summed E-state index contributed by atoms with van der Waals surface area (Å²) in [6.07, 6.45) is 5.08. The maximum absolute atomic E-state index is 5.89. The third kappa shape index (κ3) is 3.60. The fraction of sp³-hybridized carbons (Fsp3) is 0.667. The maximum Gasteiger partial charge on any atom is 0.169 e. The number of ether oxygens (including phenoxy) is 3. The van der Waals surface area contributed by atoms with Crippen LogP contribution < -0.4 is 0 Å². The van der Waals surface area contributed by atoms with E-state index in [0.29, 0.717) is 19.9 Å². The van der Waals surface area contributed by atoms with Crippen LogP contribution >= 0.6 is 0 Å². The van der Waals surface area contributed by atoms with Gasteiger partial charge in [-0.25, -0.2) is 4.98 Å². The molecule has 110 valence electrons. The van der Waals surface area contributed by atoms with Gasteiger partial charge >= 0.3 is 0 Å². The first-order valence-corrected chi connectivity index (χ1v) is 7.14. The van der Waals surface area contributed by atoms with Crippen molar-refractivity contribution in [1.29, 1.82) is 0 Å². The van der Waals surface area contributed by atoms with Crippen molar-refractivity contribution in [3.63, 3.8) is 0 Å². The number of nitrogens with zero attached hydrogens (tertiary/aromatic N) is 2. The molecule has 1 aliphatic heterocycles. The summed E-state index contributed by atoms with van der Waals surface area (Å²) in [5.74, 6) is 5.65. The van der Waals surface area contributed by atoms with Gasteiger partial charge in [-0.1, -0.05) is 19.8 Å². The Morgan fingerprint density at radius 2 is 2.25 bits per heavy atom. The molecule has 20 heavy (non-hydrogen) atoms. The minimum atomic E-state index is -0.451. The Morgan fingerprint density at radius 3 is 2.90 bits per heavy atom. The molecule has 0 aliphatic carbocycles. The monoisotopic (exact) mass is 278 g/mol. The van der Waals surface area contributed by atoms with Gasteiger partial charge < -0.3 is 18.8 Å². The normalized spacial score (nSPS) is 20.6. The zero-order valence-corrected chi connectivity index (χ0v) is 12.4. The lowest BCUT2D eigenvalue weighted by atomic mass is 10.1. The molecule has 0 unspecified atom stereocenters. The molecule has 0 bridgehead atoms. The summed E-state index contributed by atoms with van der Waals surface area (Å²) in [5, 5.41) is 0. The summed E-state index contributed by atoms with van der Waals surface area (Å²) < 4.78 is 18.8. The van der Waals surface area contributed by atoms with E-state index < -0.39 is 5.79 Å². The topological polar surface area (TPSA) is 45.5 Å². The van der Waals surface area contributed by atoms with E-state index in [1.807, 2.05) is 17.7 Å². The van der Waals surface area contributed by atoms with Crippen LogP contribution in [-0.2, 0) is 20.9 Å². The molecule has 5 heteroatoms. The van der Waals surface area contributed by atoms with Crippen molar-refractivity contribution in [2.45, 2.75) is 52.2 Å². The summed E-state index contributed by atoms with van der Waals surface area (Å²) in [6.45, 7) is 7.80. The Labute approximate surface area is 120 Å². The third-order valence-electron chi connectivity index (χ3n) is 3.37. The summed E-state index contributed by atoms with van der Waals surface area (Å²) >= 11 is 0. The number of rotatable bonds is 5. The van der Waals surface area contributed by atoms with Crippen LogP contribution in [0.2, 0.25) is 0 Å². The van der Waals surface area contributed by atoms with Crippen molar-refractivity contribution >= 4 is 0 Å². The van der Waals surface area contributed by atoms with Gasteiger partial charge in [0.1, 0.15) is 18.5 Å². The lowest BCUT2D eigenvalue weighted by Gasteiger charge is -2.23. The molecule has 1 aromatic heterocycles. The van der Waals surface area contributed by atoms with E-state index in [1.54, 1.807) is 6.33 Å². The zero-order valence-electron chi connectivity index (χ0n) is 12.4. The van der Waals surface area contributed by atoms with Crippen LogP contribution in [-0.4, -0.2) is 34.7 Å². The Morgan fingerprint density at radius 1 is 1.45 bits per heavy atom. The molecule has 1 aliphatic rings. The SMILES string of the molecule is CCOCn1cnc(C#C[C@H]2COC(CC)(CC)O2)c1. The van der Waals surface area contributed by atoms with Gasteiger partial charge in [0, 0.05) is 12.8 Å². The number of hydrogen-bond acceptors (Lipinski definition) is 4. The van der Waals surface area contributed by atoms with Gasteiger partial charge in [0.05, 0.1) is 12.9 Å². The van der Waals surface area contributed by atoms with Crippen molar-refractivity contribution in [1.82, 2.24) is 9.55 Å². The van der Waals surface area contributed by atoms with Gasteiger partial charge in [-0.15, -0.1) is 0 Å². The molecule has 1 fully saturated rings. The molecule has 0 N–H and O–H groups in total. The minimum absolute atomic E-state index is 0.174. The first-order valence-electron chi connectivity index (χ1n) is 7.14. The molecule has 1 atom stereocenters. The molecule has 0 spiro atoms. The molecule has 0 amide bonds. The summed E-state index contributed by atoms with van der Waals surface area (Å²) in [4.78, 5) is 4.22. The molecule has 1 aromatic rings. The molecule has 2 heterocycles. The molecule has 5 nitrogen and oxygen atoms in total. The van der Waals surface area contributed by atoms with Crippen LogP contribution in [0.1, 0.15) is 39.3 Å². The Bertz CT molecular complexity index is 483. The molecule has 0 radical (unpaired) electrons. The molecule has 1 saturated heterocycles. The second-order valence-corrected chi connectivity index (χ2v) is 4.70. The Balaban J connectivity index is 1.93. The number of imidazole rings is 1. The smallest absolute Gasteiger partial charge is 0.169 e. The van der Waals surface area contributed by atoms with Crippen molar-refractivity contribution in [2.75, 3.05) is 13.2 Å². The molecular formula is C15H22N2O3.